The summed E-state index contributed by atoms with van der Waals surface area (Å²) >= 11 is 0. The Morgan fingerprint density at radius 2 is 1.92 bits per heavy atom. The molecule has 0 saturated heterocycles. The number of nitrogens with zero attached hydrogens (tertiary/aromatic N) is 3. The van der Waals surface area contributed by atoms with Crippen LogP contribution >= 0.6 is 0 Å². The maximum atomic E-state index is 5.67. The predicted molar refractivity (Wildman–Crippen MR) is 46.2 cm³/mol. The molecule has 0 fully saturated rings. The minimum Gasteiger partial charge on any atom is -0.398 e. The molecule has 0 radical (unpaired) electrons. The van der Waals surface area contributed by atoms with Gasteiger partial charge in [0.05, 0.1) is 5.39 Å². The van der Waals surface area contributed by atoms with E-state index in [0.29, 0.717) is 22.4 Å². The molecular weight excluding hydrogens is 154 g/mol. The molecule has 2 aromatic rings. The Hall–Kier alpha value is -1.91. The molecule has 0 saturated carbocycles. The van der Waals surface area contributed by atoms with Gasteiger partial charge in [0.25, 0.3) is 0 Å². The number of hydrogen-bond donors (Lipinski definition) is 2. The topological polar surface area (TPSA) is 90.7 Å². The fraction of sp³-hybridized carbons (Fsp3) is 0. The molecule has 0 unspecified atom stereocenters. The van der Waals surface area contributed by atoms with Crippen molar-refractivity contribution in [3.05, 3.63) is 18.2 Å². The first-order valence-electron chi connectivity index (χ1n) is 3.42. The highest BCUT2D eigenvalue weighted by Crippen LogP contribution is 2.21. The minimum atomic E-state index is 0.318. The smallest absolute Gasteiger partial charge is 0.159 e. The molecule has 0 amide bonds. The van der Waals surface area contributed by atoms with Crippen LogP contribution in [-0.4, -0.2) is 15.4 Å². The van der Waals surface area contributed by atoms with E-state index < -0.39 is 0 Å². The van der Waals surface area contributed by atoms with E-state index in [0.717, 1.165) is 0 Å². The van der Waals surface area contributed by atoms with Crippen molar-refractivity contribution in [1.29, 1.82) is 0 Å². The molecule has 0 aliphatic heterocycles. The lowest BCUT2D eigenvalue weighted by molar-refractivity contribution is 0.903. The molecule has 12 heavy (non-hydrogen) atoms. The van der Waals surface area contributed by atoms with Crippen LogP contribution in [0, 0.1) is 0 Å². The van der Waals surface area contributed by atoms with Crippen LogP contribution in [0.2, 0.25) is 0 Å². The zero-order valence-electron chi connectivity index (χ0n) is 6.23. The lowest BCUT2D eigenvalue weighted by atomic mass is 10.2. The van der Waals surface area contributed by atoms with E-state index in [9.17, 15) is 0 Å². The highest BCUT2D eigenvalue weighted by molar-refractivity contribution is 5.97. The molecule has 1 aromatic heterocycles. The number of aromatic nitrogens is 3. The third-order valence-corrected chi connectivity index (χ3v) is 1.64. The Morgan fingerprint density at radius 1 is 1.08 bits per heavy atom. The normalized spacial score (nSPS) is 10.3. The van der Waals surface area contributed by atoms with Gasteiger partial charge in [-0.2, -0.15) is 0 Å². The van der Waals surface area contributed by atoms with E-state index in [1.807, 2.05) is 0 Å². The molecule has 0 atom stereocenters. The van der Waals surface area contributed by atoms with Crippen LogP contribution in [-0.2, 0) is 0 Å². The Balaban J connectivity index is 2.96. The van der Waals surface area contributed by atoms with Crippen LogP contribution in [0.15, 0.2) is 18.2 Å². The summed E-state index contributed by atoms with van der Waals surface area (Å²) in [5.41, 5.74) is 12.5. The van der Waals surface area contributed by atoms with Gasteiger partial charge in [0.1, 0.15) is 5.52 Å². The number of rotatable bonds is 0. The summed E-state index contributed by atoms with van der Waals surface area (Å²) in [5.74, 6) is 0.318. The predicted octanol–water partition coefficient (Wildman–Crippen LogP) is 0.189. The van der Waals surface area contributed by atoms with Gasteiger partial charge in [-0.15, -0.1) is 10.2 Å². The summed E-state index contributed by atoms with van der Waals surface area (Å²) < 4.78 is 0. The average Bonchev–Trinajstić information content (AvgIpc) is 2.04. The molecule has 0 spiro atoms. The van der Waals surface area contributed by atoms with Crippen LogP contribution in [0.3, 0.4) is 0 Å². The van der Waals surface area contributed by atoms with Crippen LogP contribution in [0.4, 0.5) is 11.5 Å². The molecule has 5 heteroatoms. The van der Waals surface area contributed by atoms with Crippen LogP contribution in [0.5, 0.6) is 0 Å². The zero-order chi connectivity index (χ0) is 8.55. The fourth-order valence-corrected chi connectivity index (χ4v) is 1.09. The SMILES string of the molecule is Nc1cccc2nnnc(N)c12. The lowest BCUT2D eigenvalue weighted by Crippen LogP contribution is -1.99. The Morgan fingerprint density at radius 3 is 2.67 bits per heavy atom. The zero-order valence-corrected chi connectivity index (χ0v) is 6.23. The maximum Gasteiger partial charge on any atom is 0.159 e. The van der Waals surface area contributed by atoms with Gasteiger partial charge in [-0.05, 0) is 17.3 Å². The molecule has 0 bridgehead atoms. The Bertz CT molecular complexity index is 388. The molecule has 1 heterocycles. The number of benzene rings is 1. The van der Waals surface area contributed by atoms with Crippen molar-refractivity contribution in [2.75, 3.05) is 11.5 Å². The standard InChI is InChI=1S/C7H7N5/c8-4-2-1-3-5-6(4)7(9)11-12-10-5/h1-3H,8H2,(H2,9,10,11). The first-order valence-corrected chi connectivity index (χ1v) is 3.42. The monoisotopic (exact) mass is 161 g/mol. The van der Waals surface area contributed by atoms with Gasteiger partial charge in [-0.25, -0.2) is 0 Å². The highest BCUT2D eigenvalue weighted by Gasteiger charge is 2.03. The van der Waals surface area contributed by atoms with Crippen LogP contribution < -0.4 is 11.5 Å². The molecule has 1 aromatic carbocycles. The summed E-state index contributed by atoms with van der Waals surface area (Å²) in [7, 11) is 0. The lowest BCUT2D eigenvalue weighted by Gasteiger charge is -2.00. The summed E-state index contributed by atoms with van der Waals surface area (Å²) in [6.45, 7) is 0. The third kappa shape index (κ3) is 0.833. The number of anilines is 2. The van der Waals surface area contributed by atoms with Gasteiger partial charge in [-0.3, -0.25) is 0 Å². The number of hydrogen-bond acceptors (Lipinski definition) is 5. The molecule has 4 N–H and O–H groups in total. The van der Waals surface area contributed by atoms with Crippen molar-refractivity contribution >= 4 is 22.4 Å². The van der Waals surface area contributed by atoms with Crippen molar-refractivity contribution in [2.45, 2.75) is 0 Å². The summed E-state index contributed by atoms with van der Waals surface area (Å²) in [6.07, 6.45) is 0. The molecule has 5 nitrogen and oxygen atoms in total. The molecule has 60 valence electrons. The van der Waals surface area contributed by atoms with Gasteiger partial charge in [0, 0.05) is 5.69 Å². The molecule has 2 rings (SSSR count). The molecule has 0 aliphatic rings. The van der Waals surface area contributed by atoms with Crippen molar-refractivity contribution < 1.29 is 0 Å². The van der Waals surface area contributed by atoms with E-state index in [-0.39, 0.29) is 0 Å². The highest BCUT2D eigenvalue weighted by atomic mass is 15.3. The van der Waals surface area contributed by atoms with E-state index in [2.05, 4.69) is 15.4 Å². The third-order valence-electron chi connectivity index (χ3n) is 1.64. The van der Waals surface area contributed by atoms with E-state index in [1.54, 1.807) is 18.2 Å². The van der Waals surface area contributed by atoms with Crippen molar-refractivity contribution in [3.8, 4) is 0 Å². The van der Waals surface area contributed by atoms with E-state index >= 15 is 0 Å². The first-order chi connectivity index (χ1) is 5.79. The average molecular weight is 161 g/mol. The van der Waals surface area contributed by atoms with Crippen molar-refractivity contribution in [3.63, 3.8) is 0 Å². The van der Waals surface area contributed by atoms with Gasteiger partial charge in [-0.1, -0.05) is 6.07 Å². The van der Waals surface area contributed by atoms with Crippen LogP contribution in [0.1, 0.15) is 0 Å². The second kappa shape index (κ2) is 2.30. The summed E-state index contributed by atoms with van der Waals surface area (Å²) in [6, 6.07) is 5.34. The number of fused-ring (bicyclic) bond motifs is 1. The molecule has 0 aliphatic carbocycles. The quantitative estimate of drug-likeness (QED) is 0.538. The maximum absolute atomic E-state index is 5.67. The second-order valence-electron chi connectivity index (χ2n) is 2.42. The fourth-order valence-electron chi connectivity index (χ4n) is 1.09. The van der Waals surface area contributed by atoms with Gasteiger partial charge >= 0.3 is 0 Å². The Labute approximate surface area is 68.4 Å². The second-order valence-corrected chi connectivity index (χ2v) is 2.42. The summed E-state index contributed by atoms with van der Waals surface area (Å²) in [5, 5.41) is 11.5. The van der Waals surface area contributed by atoms with E-state index in [4.69, 9.17) is 11.5 Å². The largest absolute Gasteiger partial charge is 0.398 e. The van der Waals surface area contributed by atoms with E-state index in [1.165, 1.54) is 0 Å². The van der Waals surface area contributed by atoms with Crippen molar-refractivity contribution in [2.24, 2.45) is 0 Å². The van der Waals surface area contributed by atoms with Gasteiger partial charge < -0.3 is 11.5 Å². The van der Waals surface area contributed by atoms with Gasteiger partial charge in [0.15, 0.2) is 5.82 Å². The number of nitrogens with two attached hydrogens (primary N) is 2. The minimum absolute atomic E-state index is 0.318. The Kier molecular flexibility index (Phi) is 1.30. The molecular formula is C7H7N5. The first kappa shape index (κ1) is 6.78. The summed E-state index contributed by atoms with van der Waals surface area (Å²) in [4.78, 5) is 0. The van der Waals surface area contributed by atoms with Crippen LogP contribution in [0.25, 0.3) is 10.9 Å². The van der Waals surface area contributed by atoms with Crippen molar-refractivity contribution in [1.82, 2.24) is 15.4 Å². The van der Waals surface area contributed by atoms with Gasteiger partial charge in [0.2, 0.25) is 0 Å². The number of nitrogen functional groups attached to an aromatic ring is 2.